The maximum atomic E-state index is 2.33. The van der Waals surface area contributed by atoms with Gasteiger partial charge in [0.25, 0.3) is 0 Å². The molecule has 15 heavy (non-hydrogen) atoms. The van der Waals surface area contributed by atoms with Crippen LogP contribution in [0.1, 0.15) is 36.8 Å². The van der Waals surface area contributed by atoms with E-state index in [1.165, 1.54) is 27.8 Å². The fraction of sp³-hybridized carbons (Fsp3) is 0.333. The number of benzene rings is 1. The standard InChI is InChI=1S/C12H13.2FH.Ti/c1-2-5-10-8-9-11-6-3-4-7-12(10)11;;;/h3-4,6-7,9-10H,2,5H2,1H3;2*1H;/q;;;+2/p-2. The van der Waals surface area contributed by atoms with Gasteiger partial charge in [-0.2, -0.15) is 0 Å². The van der Waals surface area contributed by atoms with E-state index in [-0.39, 0.29) is 9.41 Å². The fourth-order valence-corrected chi connectivity index (χ4v) is 2.71. The minimum Gasteiger partial charge on any atom is -1.00 e. The third-order valence-electron chi connectivity index (χ3n) is 2.64. The molecule has 0 fully saturated rings. The molecular weight excluding hydrogens is 230 g/mol. The van der Waals surface area contributed by atoms with Crippen molar-refractivity contribution in [3.8, 4) is 0 Å². The summed E-state index contributed by atoms with van der Waals surface area (Å²) in [5.41, 5.74) is 2.96. The minimum atomic E-state index is 0. The summed E-state index contributed by atoms with van der Waals surface area (Å²) < 4.78 is 1.53. The number of hydrogen-bond acceptors (Lipinski definition) is 0. The van der Waals surface area contributed by atoms with Gasteiger partial charge in [-0.1, -0.05) is 0 Å². The molecule has 1 aliphatic rings. The van der Waals surface area contributed by atoms with E-state index in [2.05, 4.69) is 57.7 Å². The second kappa shape index (κ2) is 6.19. The molecule has 0 saturated heterocycles. The fourth-order valence-electron chi connectivity index (χ4n) is 2.00. The van der Waals surface area contributed by atoms with Gasteiger partial charge in [-0.05, 0) is 0 Å². The number of hydrogen-bond donors (Lipinski definition) is 0. The molecule has 0 saturated carbocycles. The Morgan fingerprint density at radius 2 is 1.87 bits per heavy atom. The number of allylic oxidation sites excluding steroid dienone is 1. The molecule has 1 aromatic carbocycles. The van der Waals surface area contributed by atoms with Crippen molar-refractivity contribution in [1.82, 2.24) is 0 Å². The molecule has 0 aromatic heterocycles. The predicted molar refractivity (Wildman–Crippen MR) is 52.1 cm³/mol. The molecule has 3 heteroatoms. The smallest absolute Gasteiger partial charge is 1.00 e. The monoisotopic (exact) mass is 243 g/mol. The van der Waals surface area contributed by atoms with Crippen LogP contribution in [0.2, 0.25) is 0 Å². The summed E-state index contributed by atoms with van der Waals surface area (Å²) in [7, 11) is 0. The van der Waals surface area contributed by atoms with Gasteiger partial charge in [0.05, 0.1) is 0 Å². The second-order valence-corrected chi connectivity index (χ2v) is 4.47. The molecule has 1 aromatic rings. The van der Waals surface area contributed by atoms with E-state index in [9.17, 15) is 0 Å². The summed E-state index contributed by atoms with van der Waals surface area (Å²) >= 11 is 2.25. The van der Waals surface area contributed by atoms with E-state index in [0.29, 0.717) is 5.92 Å². The molecule has 0 amide bonds. The molecule has 0 spiro atoms. The van der Waals surface area contributed by atoms with Crippen molar-refractivity contribution >= 4 is 6.08 Å². The molecule has 79 valence electrons. The normalized spacial score (nSPS) is 17.3. The molecule has 0 heterocycles. The molecule has 1 atom stereocenters. The summed E-state index contributed by atoms with van der Waals surface area (Å²) in [6.07, 6.45) is 4.89. The second-order valence-electron chi connectivity index (χ2n) is 3.57. The van der Waals surface area contributed by atoms with Crippen LogP contribution in [0.25, 0.3) is 6.08 Å². The first-order valence-corrected chi connectivity index (χ1v) is 5.63. The van der Waals surface area contributed by atoms with Gasteiger partial charge in [0.2, 0.25) is 0 Å². The van der Waals surface area contributed by atoms with Crippen LogP contribution in [0, 0.1) is 0 Å². The molecule has 0 bridgehead atoms. The van der Waals surface area contributed by atoms with Gasteiger partial charge in [-0.3, -0.25) is 0 Å². The molecular formula is C12H13F2Ti. The van der Waals surface area contributed by atoms with Crippen LogP contribution in [-0.2, 0) is 20.4 Å². The number of fused-ring (bicyclic) bond motifs is 1. The van der Waals surface area contributed by atoms with Crippen LogP contribution in [0.4, 0.5) is 0 Å². The van der Waals surface area contributed by atoms with E-state index in [1.807, 2.05) is 0 Å². The van der Waals surface area contributed by atoms with Crippen LogP contribution >= 0.6 is 0 Å². The molecule has 0 N–H and O–H groups in total. The van der Waals surface area contributed by atoms with Crippen molar-refractivity contribution in [2.75, 3.05) is 0 Å². The Bertz CT molecular complexity index is 347. The third kappa shape index (κ3) is 2.76. The van der Waals surface area contributed by atoms with E-state index in [4.69, 9.17) is 0 Å². The molecule has 0 radical (unpaired) electrons. The Hall–Kier alpha value is -0.466. The summed E-state index contributed by atoms with van der Waals surface area (Å²) in [5.74, 6) is 0.696. The van der Waals surface area contributed by atoms with Crippen molar-refractivity contribution in [2.45, 2.75) is 25.7 Å². The predicted octanol–water partition coefficient (Wildman–Crippen LogP) is -2.52. The Kier molecular flexibility index (Phi) is 6.00. The zero-order chi connectivity index (χ0) is 9.26. The van der Waals surface area contributed by atoms with Crippen LogP contribution < -0.4 is 9.41 Å². The zero-order valence-corrected chi connectivity index (χ0v) is 10.2. The van der Waals surface area contributed by atoms with E-state index in [1.54, 1.807) is 0 Å². The van der Waals surface area contributed by atoms with Gasteiger partial charge in [0.15, 0.2) is 0 Å². The zero-order valence-electron chi connectivity index (χ0n) is 8.63. The first-order valence-electron chi connectivity index (χ1n) is 4.85. The number of halogens is 2. The van der Waals surface area contributed by atoms with Gasteiger partial charge in [-0.25, -0.2) is 0 Å². The van der Waals surface area contributed by atoms with Crippen molar-refractivity contribution in [3.05, 3.63) is 39.3 Å². The van der Waals surface area contributed by atoms with Crippen molar-refractivity contribution in [3.63, 3.8) is 0 Å². The van der Waals surface area contributed by atoms with Gasteiger partial charge < -0.3 is 9.41 Å². The van der Waals surface area contributed by atoms with Crippen molar-refractivity contribution in [2.24, 2.45) is 0 Å². The summed E-state index contributed by atoms with van der Waals surface area (Å²) in [6, 6.07) is 8.75. The quantitative estimate of drug-likeness (QED) is 0.503. The van der Waals surface area contributed by atoms with Crippen molar-refractivity contribution in [1.29, 1.82) is 0 Å². The van der Waals surface area contributed by atoms with Crippen molar-refractivity contribution < 1.29 is 29.8 Å². The Morgan fingerprint density at radius 3 is 2.53 bits per heavy atom. The summed E-state index contributed by atoms with van der Waals surface area (Å²) in [5, 5.41) is 0. The van der Waals surface area contributed by atoms with Gasteiger partial charge in [0, 0.05) is 0 Å². The Balaban J connectivity index is 0.000000980. The molecule has 0 nitrogen and oxygen atoms in total. The molecule has 1 aliphatic carbocycles. The summed E-state index contributed by atoms with van der Waals surface area (Å²) in [6.45, 7) is 2.26. The van der Waals surface area contributed by atoms with E-state index < -0.39 is 0 Å². The van der Waals surface area contributed by atoms with Gasteiger partial charge >= 0.3 is 91.5 Å². The summed E-state index contributed by atoms with van der Waals surface area (Å²) in [4.78, 5) is 0. The van der Waals surface area contributed by atoms with Crippen LogP contribution in [0.5, 0.6) is 0 Å². The molecule has 1 unspecified atom stereocenters. The minimum absolute atomic E-state index is 0. The van der Waals surface area contributed by atoms with Gasteiger partial charge in [0.1, 0.15) is 0 Å². The van der Waals surface area contributed by atoms with Gasteiger partial charge in [-0.15, -0.1) is 0 Å². The average Bonchev–Trinajstić information content (AvgIpc) is 2.44. The first-order chi connectivity index (χ1) is 6.33. The first kappa shape index (κ1) is 14.5. The van der Waals surface area contributed by atoms with E-state index >= 15 is 0 Å². The maximum Gasteiger partial charge on any atom is -1.00 e. The van der Waals surface area contributed by atoms with Crippen LogP contribution in [-0.4, -0.2) is 0 Å². The largest absolute Gasteiger partial charge is 1.00 e. The maximum absolute atomic E-state index is 2.33. The third-order valence-corrected chi connectivity index (χ3v) is 3.40. The van der Waals surface area contributed by atoms with Crippen LogP contribution in [0.3, 0.4) is 0 Å². The van der Waals surface area contributed by atoms with E-state index in [0.717, 1.165) is 0 Å². The SMILES string of the molecule is CCCC1[C]([Ti+2])=Cc2ccccc21.[F-].[F-]. The molecule has 0 aliphatic heterocycles. The average molecular weight is 243 g/mol. The number of rotatable bonds is 2. The molecule has 2 rings (SSSR count). The Morgan fingerprint density at radius 1 is 1.20 bits per heavy atom. The topological polar surface area (TPSA) is 0 Å². The Labute approximate surface area is 101 Å². The van der Waals surface area contributed by atoms with Crippen LogP contribution in [0.15, 0.2) is 28.1 Å².